The lowest BCUT2D eigenvalue weighted by Gasteiger charge is -2.25. The van der Waals surface area contributed by atoms with E-state index in [9.17, 15) is 14.4 Å². The smallest absolute Gasteiger partial charge is 0.407 e. The first-order valence-electron chi connectivity index (χ1n) is 30.9. The molecule has 3 N–H and O–H groups in total. The van der Waals surface area contributed by atoms with Crippen LogP contribution in [0.15, 0.2) is 109 Å². The molecule has 16 rings (SSSR count). The molecular weight excluding hydrogens is 1150 g/mol. The van der Waals surface area contributed by atoms with Gasteiger partial charge in [0.2, 0.25) is 0 Å². The van der Waals surface area contributed by atoms with E-state index in [4.69, 9.17) is 46.5 Å². The largest absolute Gasteiger partial charge is 0.482 e. The number of alkyl carbamates (subject to hydrolysis) is 1. The summed E-state index contributed by atoms with van der Waals surface area (Å²) in [7, 11) is 3.26. The lowest BCUT2D eigenvalue weighted by atomic mass is 9.96. The Hall–Kier alpha value is -8.81. The van der Waals surface area contributed by atoms with E-state index in [0.29, 0.717) is 57.6 Å². The van der Waals surface area contributed by atoms with Crippen molar-refractivity contribution < 1.29 is 28.6 Å². The average Bonchev–Trinajstić information content (AvgIpc) is 1.76. The summed E-state index contributed by atoms with van der Waals surface area (Å²) in [4.78, 5) is 69.0. The van der Waals surface area contributed by atoms with E-state index in [0.717, 1.165) is 124 Å². The minimum Gasteiger partial charge on any atom is -0.482 e. The number of methoxy groups -OCH3 is 2. The van der Waals surface area contributed by atoms with Gasteiger partial charge in [-0.05, 0) is 163 Å². The highest BCUT2D eigenvalue weighted by atomic mass is 35.5. The number of nitrogens with zero attached hydrogens (tertiary/aromatic N) is 11. The molecule has 466 valence electrons. The number of ether oxygens (including phenoxy) is 3. The number of nitrogens with one attached hydrogen (secondary N) is 1. The van der Waals surface area contributed by atoms with Crippen molar-refractivity contribution in [1.29, 1.82) is 0 Å². The zero-order valence-electron chi connectivity index (χ0n) is 50.0. The van der Waals surface area contributed by atoms with Crippen molar-refractivity contribution in [3.05, 3.63) is 148 Å². The summed E-state index contributed by atoms with van der Waals surface area (Å²) in [6, 6.07) is 33.5. The molecule has 2 aliphatic carbocycles. The van der Waals surface area contributed by atoms with Gasteiger partial charge >= 0.3 is 6.09 Å². The monoisotopic (exact) mass is 1230 g/mol. The minimum absolute atomic E-state index is 0. The number of halogens is 1. The number of hydrogen-bond donors (Lipinski definition) is 2. The molecule has 4 bridgehead atoms. The van der Waals surface area contributed by atoms with Gasteiger partial charge in [-0.15, -0.1) is 0 Å². The van der Waals surface area contributed by atoms with Crippen LogP contribution in [-0.4, -0.2) is 121 Å². The Kier molecular flexibility index (Phi) is 15.9. The van der Waals surface area contributed by atoms with Gasteiger partial charge in [-0.1, -0.05) is 56.8 Å². The normalized spacial score (nSPS) is 20.6. The summed E-state index contributed by atoms with van der Waals surface area (Å²) in [5, 5.41) is 5.57. The van der Waals surface area contributed by atoms with Crippen molar-refractivity contribution in [3.63, 3.8) is 0 Å². The van der Waals surface area contributed by atoms with Gasteiger partial charge in [0.15, 0.2) is 11.8 Å². The number of carbonyl (C=O) groups excluding carboxylic acids is 3. The molecule has 10 aromatic rings. The van der Waals surface area contributed by atoms with Crippen LogP contribution in [0.25, 0.3) is 67.4 Å². The number of hydrogen-bond acceptors (Lipinski definition) is 12. The van der Waals surface area contributed by atoms with E-state index in [1.807, 2.05) is 105 Å². The lowest BCUT2D eigenvalue weighted by molar-refractivity contribution is 0.0714. The fraction of sp³-hybridized carbons (Fsp3) is 0.400. The van der Waals surface area contributed by atoms with Crippen molar-refractivity contribution in [3.8, 4) is 45.8 Å². The highest BCUT2D eigenvalue weighted by Crippen LogP contribution is 2.43. The number of imidazole rings is 2. The Morgan fingerprint density at radius 2 is 1.18 bits per heavy atom. The summed E-state index contributed by atoms with van der Waals surface area (Å²) in [5.74, 6) is 2.33. The molecule has 20 heteroatoms. The van der Waals surface area contributed by atoms with Crippen LogP contribution in [0.3, 0.4) is 0 Å². The first-order valence-corrected chi connectivity index (χ1v) is 31.3. The fourth-order valence-electron chi connectivity index (χ4n) is 14.6. The van der Waals surface area contributed by atoms with Crippen LogP contribution in [0.1, 0.15) is 122 Å². The molecule has 19 nitrogen and oxygen atoms in total. The topological polar surface area (TPSA) is 207 Å². The number of fused-ring (bicyclic) bond motifs is 8. The zero-order chi connectivity index (χ0) is 60.2. The van der Waals surface area contributed by atoms with E-state index in [-0.39, 0.29) is 69.5 Å². The van der Waals surface area contributed by atoms with Crippen LogP contribution in [0, 0.1) is 32.6 Å². The molecule has 0 radical (unpaired) electrons. The molecule has 4 aliphatic heterocycles. The number of aryl methyl sites for hydroxylation is 3. The maximum atomic E-state index is 14.1. The standard InChI is InChI=1S/C35H35ClN6O4.C33H35N7O2.2CH4/c1-20-32(28-14-23-10-13-29(36)38-33(23)40(28)18-21-8-9-21)39-30-15-24(16-31(45-2)41(20)30)34(43)42-25-11-12-27(42)26(17-25)37-35(44)46-19-22-6-4-3-5-7-22;1-18-24(5-4-12-35-18)26-10-8-21-13-28(38(32(21)36-26)17-20-6-7-20)31-19(2)39-29(37-31)14-22(15-30(39)42-3)33(41)40-23-9-11-27(40)25(34)16-23;;/h3-7,10,13-16,21,25-27H,8-9,11-12,17-19H2,1-2H3,(H,37,44);4-5,8,10,12-15,20,23,25,27H,6-7,9,11,16-17,34H2,1-3H3;2*1H4/t25-,26+,27+;23-,25+,27+;;/m00../s1. The molecular formula is C70H78ClN13O6. The van der Waals surface area contributed by atoms with Gasteiger partial charge < -0.3 is 44.2 Å². The second-order valence-corrected chi connectivity index (χ2v) is 25.4. The minimum atomic E-state index is -0.464. The molecule has 6 aliphatic rings. The van der Waals surface area contributed by atoms with Gasteiger partial charge in [0.05, 0.1) is 54.8 Å². The Morgan fingerprint density at radius 1 is 0.622 bits per heavy atom. The summed E-state index contributed by atoms with van der Waals surface area (Å²) in [6.45, 7) is 8.06. The second-order valence-electron chi connectivity index (χ2n) is 25.0. The molecule has 9 aromatic heterocycles. The summed E-state index contributed by atoms with van der Waals surface area (Å²) in [5.41, 5.74) is 20.0. The fourth-order valence-corrected chi connectivity index (χ4v) is 14.8. The van der Waals surface area contributed by atoms with Crippen LogP contribution < -0.4 is 20.5 Å². The van der Waals surface area contributed by atoms with Gasteiger partial charge in [-0.25, -0.2) is 24.7 Å². The molecule has 6 fully saturated rings. The van der Waals surface area contributed by atoms with E-state index in [1.54, 1.807) is 20.3 Å². The predicted molar refractivity (Wildman–Crippen MR) is 349 cm³/mol. The molecule has 3 amide bonds. The van der Waals surface area contributed by atoms with Crippen LogP contribution in [0.5, 0.6) is 11.8 Å². The van der Waals surface area contributed by atoms with Gasteiger partial charge in [0, 0.05) is 88.7 Å². The SMILES string of the molecule is C.C.COc1cc(C(=O)N2[C@H]3CC[C@@H]2[C@H](N)C3)cc2nc(-c3cc4ccc(-c5cccnc5C)nc4n3CC3CC3)c(C)n12.COc1cc(C(=O)N2[C@H]3CC[C@@H]2[C@H](NC(=O)OCc2ccccc2)C3)cc2nc(-c3cc4ccc(Cl)nc4n3CC3CC3)c(C)n12. The molecule has 0 spiro atoms. The molecule has 6 atom stereocenters. The highest BCUT2D eigenvalue weighted by Gasteiger charge is 2.50. The second kappa shape index (κ2) is 23.9. The predicted octanol–water partition coefficient (Wildman–Crippen LogP) is 12.8. The van der Waals surface area contributed by atoms with Crippen molar-refractivity contribution in [2.24, 2.45) is 17.6 Å². The Labute approximate surface area is 528 Å². The Morgan fingerprint density at radius 3 is 1.72 bits per heavy atom. The van der Waals surface area contributed by atoms with Crippen molar-refractivity contribution >= 4 is 62.9 Å². The first-order chi connectivity index (χ1) is 42.8. The van der Waals surface area contributed by atoms with Crippen molar-refractivity contribution in [1.82, 2.24) is 58.0 Å². The van der Waals surface area contributed by atoms with E-state index >= 15 is 0 Å². The van der Waals surface area contributed by atoms with Crippen LogP contribution in [0.4, 0.5) is 4.79 Å². The number of nitrogens with two attached hydrogens (primary N) is 1. The molecule has 1 aromatic carbocycles. The van der Waals surface area contributed by atoms with E-state index in [2.05, 4.69) is 61.7 Å². The highest BCUT2D eigenvalue weighted by molar-refractivity contribution is 6.29. The van der Waals surface area contributed by atoms with Crippen molar-refractivity contribution in [2.75, 3.05) is 14.2 Å². The third-order valence-corrected chi connectivity index (χ3v) is 19.6. The van der Waals surface area contributed by atoms with E-state index < -0.39 is 6.09 Å². The maximum Gasteiger partial charge on any atom is 0.407 e. The van der Waals surface area contributed by atoms with Crippen molar-refractivity contribution in [2.45, 2.75) is 156 Å². The Balaban J connectivity index is 0.000000162. The molecule has 4 saturated heterocycles. The number of aromatic nitrogens is 9. The average molecular weight is 1230 g/mol. The number of carbonyl (C=O) groups is 3. The van der Waals surface area contributed by atoms with Crippen LogP contribution in [-0.2, 0) is 24.4 Å². The van der Waals surface area contributed by atoms with Gasteiger partial charge in [-0.3, -0.25) is 23.4 Å². The molecule has 2 saturated carbocycles. The van der Waals surface area contributed by atoms with Crippen LogP contribution in [0.2, 0.25) is 5.15 Å². The van der Waals surface area contributed by atoms with Crippen LogP contribution >= 0.6 is 11.6 Å². The zero-order valence-corrected chi connectivity index (χ0v) is 50.8. The molecule has 90 heavy (non-hydrogen) atoms. The lowest BCUT2D eigenvalue weighted by Crippen LogP contribution is -2.45. The summed E-state index contributed by atoms with van der Waals surface area (Å²) in [6.07, 6.45) is 11.5. The molecule has 0 unspecified atom stereocenters. The number of rotatable bonds is 14. The number of amides is 3. The third kappa shape index (κ3) is 10.7. The quantitative estimate of drug-likeness (QED) is 0.0975. The van der Waals surface area contributed by atoms with Gasteiger partial charge in [0.1, 0.15) is 45.7 Å². The first kappa shape index (κ1) is 60.1. The number of pyridine rings is 5. The Bertz CT molecular complexity index is 4430. The third-order valence-electron chi connectivity index (χ3n) is 19.4. The summed E-state index contributed by atoms with van der Waals surface area (Å²) >= 11 is 6.31. The maximum absolute atomic E-state index is 14.1. The molecule has 13 heterocycles. The number of benzene rings is 1. The van der Waals surface area contributed by atoms with Gasteiger partial charge in [0.25, 0.3) is 11.8 Å². The van der Waals surface area contributed by atoms with Gasteiger partial charge in [-0.2, -0.15) is 0 Å². The van der Waals surface area contributed by atoms with E-state index in [1.165, 1.54) is 25.7 Å². The summed E-state index contributed by atoms with van der Waals surface area (Å²) < 4.78 is 25.7.